The molecular weight excluding hydrogens is 559 g/mol. The zero-order valence-corrected chi connectivity index (χ0v) is 23.9. The molecule has 6 rings (SSSR count). The van der Waals surface area contributed by atoms with E-state index in [1.807, 2.05) is 49.4 Å². The molecule has 0 atom stereocenters. The lowest BCUT2D eigenvalue weighted by Crippen LogP contribution is -2.43. The van der Waals surface area contributed by atoms with Gasteiger partial charge in [-0.05, 0) is 62.1 Å². The molecule has 1 fully saturated rings. The molecule has 1 spiro atoms. The number of amides is 1. The highest BCUT2D eigenvalue weighted by Gasteiger charge is 2.43. The zero-order chi connectivity index (χ0) is 29.5. The summed E-state index contributed by atoms with van der Waals surface area (Å²) in [4.78, 5) is 32.6. The molecule has 2 aliphatic carbocycles. The highest BCUT2D eigenvalue weighted by atomic mass is 32.2. The number of fused-ring (bicyclic) bond motifs is 4. The SMILES string of the molecule is Cc1ccc(-n2c(SCC(=O)Nc3cccc(C(F)(F)F)c3)nc3c(c2=O)C2(CCCCC2)Cc2ccccc2-3)cc1. The minimum Gasteiger partial charge on any atom is -0.325 e. The largest absolute Gasteiger partial charge is 0.416 e. The number of alkyl halides is 3. The summed E-state index contributed by atoms with van der Waals surface area (Å²) in [5.41, 5.74) is 4.04. The number of carbonyl (C=O) groups is 1. The lowest BCUT2D eigenvalue weighted by Gasteiger charge is -2.42. The van der Waals surface area contributed by atoms with E-state index in [1.54, 1.807) is 4.57 Å². The van der Waals surface area contributed by atoms with E-state index in [2.05, 4.69) is 11.4 Å². The fourth-order valence-corrected chi connectivity index (χ4v) is 7.11. The molecule has 9 heteroatoms. The van der Waals surface area contributed by atoms with Gasteiger partial charge in [0.25, 0.3) is 5.56 Å². The van der Waals surface area contributed by atoms with E-state index >= 15 is 0 Å². The van der Waals surface area contributed by atoms with E-state index in [0.29, 0.717) is 16.5 Å². The van der Waals surface area contributed by atoms with Crippen LogP contribution < -0.4 is 10.9 Å². The molecule has 1 heterocycles. The number of halogens is 3. The van der Waals surface area contributed by atoms with Crippen LogP contribution in [0.15, 0.2) is 82.7 Å². The van der Waals surface area contributed by atoms with Crippen LogP contribution in [0.1, 0.15) is 54.4 Å². The molecule has 0 aliphatic heterocycles. The van der Waals surface area contributed by atoms with Gasteiger partial charge in [0.15, 0.2) is 5.16 Å². The number of hydrogen-bond acceptors (Lipinski definition) is 4. The Morgan fingerprint density at radius 2 is 1.74 bits per heavy atom. The van der Waals surface area contributed by atoms with E-state index in [0.717, 1.165) is 79.1 Å². The number of rotatable bonds is 5. The summed E-state index contributed by atoms with van der Waals surface area (Å²) < 4.78 is 41.1. The molecule has 4 aromatic rings. The fraction of sp³-hybridized carbons (Fsp3) is 0.303. The molecule has 1 aromatic heterocycles. The summed E-state index contributed by atoms with van der Waals surface area (Å²) in [6.45, 7) is 1.97. The van der Waals surface area contributed by atoms with Crippen molar-refractivity contribution in [2.75, 3.05) is 11.1 Å². The summed E-state index contributed by atoms with van der Waals surface area (Å²) in [6, 6.07) is 20.2. The van der Waals surface area contributed by atoms with Crippen LogP contribution in [0.4, 0.5) is 18.9 Å². The Morgan fingerprint density at radius 3 is 2.48 bits per heavy atom. The van der Waals surface area contributed by atoms with E-state index in [9.17, 15) is 22.8 Å². The Hall–Kier alpha value is -3.85. The van der Waals surface area contributed by atoms with Gasteiger partial charge in [0.1, 0.15) is 0 Å². The molecule has 1 N–H and O–H groups in total. The van der Waals surface area contributed by atoms with Gasteiger partial charge in [0.2, 0.25) is 5.91 Å². The molecule has 2 aliphatic rings. The molecule has 0 unspecified atom stereocenters. The van der Waals surface area contributed by atoms with Crippen molar-refractivity contribution in [3.8, 4) is 16.9 Å². The van der Waals surface area contributed by atoms with Crippen molar-refractivity contribution in [1.82, 2.24) is 9.55 Å². The number of thioether (sulfide) groups is 1. The summed E-state index contributed by atoms with van der Waals surface area (Å²) in [6.07, 6.45) is 1.38. The number of nitrogens with zero attached hydrogens (tertiary/aromatic N) is 2. The van der Waals surface area contributed by atoms with Gasteiger partial charge in [0, 0.05) is 16.7 Å². The maximum absolute atomic E-state index is 14.6. The Kier molecular flexibility index (Phi) is 7.47. The summed E-state index contributed by atoms with van der Waals surface area (Å²) >= 11 is 1.10. The van der Waals surface area contributed by atoms with Crippen LogP contribution in [0.5, 0.6) is 0 Å². The van der Waals surface area contributed by atoms with Crippen molar-refractivity contribution < 1.29 is 18.0 Å². The van der Waals surface area contributed by atoms with Crippen molar-refractivity contribution in [1.29, 1.82) is 0 Å². The quantitative estimate of drug-likeness (QED) is 0.191. The van der Waals surface area contributed by atoms with Crippen LogP contribution >= 0.6 is 11.8 Å². The van der Waals surface area contributed by atoms with Crippen molar-refractivity contribution in [2.24, 2.45) is 0 Å². The number of benzene rings is 3. The second kappa shape index (κ2) is 11.1. The molecule has 0 bridgehead atoms. The normalized spacial score (nSPS) is 15.6. The molecule has 216 valence electrons. The molecule has 42 heavy (non-hydrogen) atoms. The Balaban J connectivity index is 1.42. The van der Waals surface area contributed by atoms with Crippen LogP contribution in [-0.4, -0.2) is 21.2 Å². The summed E-state index contributed by atoms with van der Waals surface area (Å²) in [5, 5.41) is 2.92. The van der Waals surface area contributed by atoms with Crippen LogP contribution in [-0.2, 0) is 22.8 Å². The van der Waals surface area contributed by atoms with Gasteiger partial charge in [-0.1, -0.05) is 79.1 Å². The van der Waals surface area contributed by atoms with Crippen molar-refractivity contribution in [3.63, 3.8) is 0 Å². The third-order valence-electron chi connectivity index (χ3n) is 8.29. The Labute approximate surface area is 246 Å². The standard InChI is InChI=1S/C33H30F3N3O2S/c1-21-12-14-25(15-13-21)39-30(41)28-29(26-11-4-3-8-22(26)19-32(28)16-5-2-6-17-32)38-31(39)42-20-27(40)37-24-10-7-9-23(18-24)33(34,35)36/h3-4,7-15,18H,2,5-6,16-17,19-20H2,1H3,(H,37,40). The molecule has 1 amide bonds. The number of hydrogen-bond donors (Lipinski definition) is 1. The molecule has 0 radical (unpaired) electrons. The third-order valence-corrected chi connectivity index (χ3v) is 9.23. The van der Waals surface area contributed by atoms with E-state index in [4.69, 9.17) is 4.98 Å². The van der Waals surface area contributed by atoms with Gasteiger partial charge < -0.3 is 5.32 Å². The molecule has 5 nitrogen and oxygen atoms in total. The first kappa shape index (κ1) is 28.3. The molecule has 0 saturated heterocycles. The molecular formula is C33H30F3N3O2S. The second-order valence-corrected chi connectivity index (χ2v) is 12.1. The number of carbonyl (C=O) groups excluding carboxylic acids is 1. The monoisotopic (exact) mass is 589 g/mol. The van der Waals surface area contributed by atoms with E-state index in [1.165, 1.54) is 17.7 Å². The average Bonchev–Trinajstić information content (AvgIpc) is 2.97. The highest BCUT2D eigenvalue weighted by molar-refractivity contribution is 7.99. The van der Waals surface area contributed by atoms with Crippen LogP contribution in [0, 0.1) is 6.92 Å². The number of aromatic nitrogens is 2. The van der Waals surface area contributed by atoms with Gasteiger partial charge in [-0.2, -0.15) is 13.2 Å². The van der Waals surface area contributed by atoms with Crippen molar-refractivity contribution >= 4 is 23.4 Å². The van der Waals surface area contributed by atoms with E-state index in [-0.39, 0.29) is 22.4 Å². The number of nitrogens with one attached hydrogen (secondary N) is 1. The van der Waals surface area contributed by atoms with Crippen LogP contribution in [0.2, 0.25) is 0 Å². The summed E-state index contributed by atoms with van der Waals surface area (Å²) in [7, 11) is 0. The van der Waals surface area contributed by atoms with E-state index < -0.39 is 17.6 Å². The fourth-order valence-electron chi connectivity index (χ4n) is 6.31. The Morgan fingerprint density at radius 1 is 1.00 bits per heavy atom. The smallest absolute Gasteiger partial charge is 0.325 e. The highest BCUT2D eigenvalue weighted by Crippen LogP contribution is 2.49. The van der Waals surface area contributed by atoms with Gasteiger partial charge >= 0.3 is 6.18 Å². The van der Waals surface area contributed by atoms with Gasteiger partial charge in [-0.3, -0.25) is 14.2 Å². The molecule has 1 saturated carbocycles. The maximum atomic E-state index is 14.6. The van der Waals surface area contributed by atoms with Crippen LogP contribution in [0.25, 0.3) is 16.9 Å². The second-order valence-electron chi connectivity index (χ2n) is 11.2. The van der Waals surface area contributed by atoms with Crippen LogP contribution in [0.3, 0.4) is 0 Å². The first-order valence-electron chi connectivity index (χ1n) is 14.1. The Bertz CT molecular complexity index is 1710. The average molecular weight is 590 g/mol. The predicted octanol–water partition coefficient (Wildman–Crippen LogP) is 7.72. The van der Waals surface area contributed by atoms with Crippen molar-refractivity contribution in [3.05, 3.63) is 105 Å². The number of anilines is 1. The first-order valence-corrected chi connectivity index (χ1v) is 15.1. The maximum Gasteiger partial charge on any atom is 0.416 e. The lowest BCUT2D eigenvalue weighted by molar-refractivity contribution is -0.137. The topological polar surface area (TPSA) is 64.0 Å². The number of aryl methyl sites for hydroxylation is 1. The third kappa shape index (κ3) is 5.38. The minimum atomic E-state index is -4.52. The van der Waals surface area contributed by atoms with Gasteiger partial charge in [-0.15, -0.1) is 0 Å². The predicted molar refractivity (Wildman–Crippen MR) is 159 cm³/mol. The van der Waals surface area contributed by atoms with Crippen molar-refractivity contribution in [2.45, 2.75) is 62.2 Å². The summed E-state index contributed by atoms with van der Waals surface area (Å²) in [5.74, 6) is -0.633. The zero-order valence-electron chi connectivity index (χ0n) is 23.1. The molecule has 3 aromatic carbocycles. The minimum absolute atomic E-state index is 0.0536. The lowest BCUT2D eigenvalue weighted by atomic mass is 9.62. The van der Waals surface area contributed by atoms with Gasteiger partial charge in [0.05, 0.1) is 28.3 Å². The first-order chi connectivity index (χ1) is 20.1. The van der Waals surface area contributed by atoms with Gasteiger partial charge in [-0.25, -0.2) is 4.98 Å².